The van der Waals surface area contributed by atoms with Crippen LogP contribution in [0.1, 0.15) is 35.7 Å². The van der Waals surface area contributed by atoms with E-state index < -0.39 is 12.0 Å². The van der Waals surface area contributed by atoms with E-state index in [2.05, 4.69) is 5.32 Å². The molecule has 2 aliphatic heterocycles. The number of aliphatic carboxylic acids is 1. The largest absolute Gasteiger partial charge is 0.480 e. The van der Waals surface area contributed by atoms with Crippen molar-refractivity contribution in [2.45, 2.75) is 38.3 Å². The smallest absolute Gasteiger partial charge is 0.320 e. The molecule has 1 aromatic carbocycles. The van der Waals surface area contributed by atoms with Gasteiger partial charge < -0.3 is 10.4 Å². The van der Waals surface area contributed by atoms with Gasteiger partial charge in [-0.15, -0.1) is 0 Å². The zero-order valence-electron chi connectivity index (χ0n) is 12.1. The molecule has 1 fully saturated rings. The monoisotopic (exact) mass is 288 g/mol. The number of carboxylic acids is 1. The third kappa shape index (κ3) is 2.53. The van der Waals surface area contributed by atoms with Crippen LogP contribution in [0.5, 0.6) is 0 Å². The Morgan fingerprint density at radius 2 is 2.24 bits per heavy atom. The summed E-state index contributed by atoms with van der Waals surface area (Å²) in [6.07, 6.45) is 2.40. The van der Waals surface area contributed by atoms with Gasteiger partial charge in [-0.3, -0.25) is 14.5 Å². The molecule has 112 valence electrons. The molecule has 3 rings (SSSR count). The maximum Gasteiger partial charge on any atom is 0.320 e. The van der Waals surface area contributed by atoms with E-state index in [1.165, 1.54) is 5.56 Å². The van der Waals surface area contributed by atoms with Crippen molar-refractivity contribution in [2.24, 2.45) is 0 Å². The molecule has 21 heavy (non-hydrogen) atoms. The molecule has 2 heterocycles. The average Bonchev–Trinajstić information content (AvgIpc) is 3.13. The van der Waals surface area contributed by atoms with E-state index in [-0.39, 0.29) is 11.8 Å². The van der Waals surface area contributed by atoms with Crippen LogP contribution in [-0.2, 0) is 11.2 Å². The molecule has 1 saturated heterocycles. The first-order chi connectivity index (χ1) is 10.1. The van der Waals surface area contributed by atoms with Crippen LogP contribution in [0.4, 0.5) is 5.69 Å². The first-order valence-corrected chi connectivity index (χ1v) is 7.47. The molecule has 5 heteroatoms. The fourth-order valence-electron chi connectivity index (χ4n) is 3.37. The fraction of sp³-hybridized carbons (Fsp3) is 0.500. The summed E-state index contributed by atoms with van der Waals surface area (Å²) in [5.74, 6) is -0.817. The molecule has 2 unspecified atom stereocenters. The third-order valence-electron chi connectivity index (χ3n) is 4.56. The number of benzene rings is 1. The van der Waals surface area contributed by atoms with Crippen LogP contribution in [0.2, 0.25) is 0 Å². The highest BCUT2D eigenvalue weighted by atomic mass is 16.4. The standard InChI is InChI=1S/C16H20N2O3/c1-10(18-8-2-3-14(18)16(20)21)15(19)12-4-5-13-11(9-12)6-7-17-13/h4-5,9-10,14,17H,2-3,6-8H2,1H3,(H,20,21). The molecule has 1 aromatic rings. The van der Waals surface area contributed by atoms with Gasteiger partial charge in [0.2, 0.25) is 0 Å². The van der Waals surface area contributed by atoms with Crippen molar-refractivity contribution in [1.29, 1.82) is 0 Å². The molecule has 0 aliphatic carbocycles. The molecule has 0 aromatic heterocycles. The molecule has 2 N–H and O–H groups in total. The average molecular weight is 288 g/mol. The number of likely N-dealkylation sites (tertiary alicyclic amines) is 1. The van der Waals surface area contributed by atoms with Crippen LogP contribution in [0.25, 0.3) is 0 Å². The van der Waals surface area contributed by atoms with Crippen LogP contribution in [0.3, 0.4) is 0 Å². The fourth-order valence-corrected chi connectivity index (χ4v) is 3.37. The summed E-state index contributed by atoms with van der Waals surface area (Å²) in [5.41, 5.74) is 2.95. The Labute approximate surface area is 123 Å². The normalized spacial score (nSPS) is 22.6. The van der Waals surface area contributed by atoms with Crippen molar-refractivity contribution in [3.05, 3.63) is 29.3 Å². The summed E-state index contributed by atoms with van der Waals surface area (Å²) < 4.78 is 0. The number of carbonyl (C=O) groups excluding carboxylic acids is 1. The van der Waals surface area contributed by atoms with Gasteiger partial charge in [0.25, 0.3) is 0 Å². The molecule has 0 saturated carbocycles. The third-order valence-corrected chi connectivity index (χ3v) is 4.56. The number of fused-ring (bicyclic) bond motifs is 1. The molecule has 0 spiro atoms. The van der Waals surface area contributed by atoms with Gasteiger partial charge in [-0.2, -0.15) is 0 Å². The molecule has 0 bridgehead atoms. The van der Waals surface area contributed by atoms with E-state index in [1.807, 2.05) is 30.0 Å². The lowest BCUT2D eigenvalue weighted by Gasteiger charge is -2.27. The summed E-state index contributed by atoms with van der Waals surface area (Å²) >= 11 is 0. The highest BCUT2D eigenvalue weighted by Crippen LogP contribution is 2.26. The van der Waals surface area contributed by atoms with Gasteiger partial charge >= 0.3 is 5.97 Å². The molecule has 0 amide bonds. The maximum atomic E-state index is 12.6. The van der Waals surface area contributed by atoms with Gasteiger partial charge in [0, 0.05) is 17.8 Å². The van der Waals surface area contributed by atoms with Crippen LogP contribution in [-0.4, -0.2) is 46.9 Å². The van der Waals surface area contributed by atoms with Gasteiger partial charge in [0.1, 0.15) is 6.04 Å². The van der Waals surface area contributed by atoms with Crippen molar-refractivity contribution < 1.29 is 14.7 Å². The van der Waals surface area contributed by atoms with Crippen LogP contribution in [0.15, 0.2) is 18.2 Å². The summed E-state index contributed by atoms with van der Waals surface area (Å²) in [6, 6.07) is 4.81. The number of rotatable bonds is 4. The van der Waals surface area contributed by atoms with Crippen molar-refractivity contribution in [2.75, 3.05) is 18.4 Å². The van der Waals surface area contributed by atoms with Crippen LogP contribution in [0, 0.1) is 0 Å². The van der Waals surface area contributed by atoms with Gasteiger partial charge in [0.05, 0.1) is 6.04 Å². The van der Waals surface area contributed by atoms with Gasteiger partial charge in [-0.1, -0.05) is 0 Å². The van der Waals surface area contributed by atoms with E-state index in [9.17, 15) is 14.7 Å². The van der Waals surface area contributed by atoms with E-state index in [0.717, 1.165) is 25.1 Å². The number of carbonyl (C=O) groups is 2. The molecular formula is C16H20N2O3. The Morgan fingerprint density at radius 3 is 3.00 bits per heavy atom. The molecule has 0 radical (unpaired) electrons. The highest BCUT2D eigenvalue weighted by molar-refractivity contribution is 6.00. The SMILES string of the molecule is CC(C(=O)c1ccc2c(c1)CCN2)N1CCCC1C(=O)O. The summed E-state index contributed by atoms with van der Waals surface area (Å²) in [6.45, 7) is 3.40. The molecule has 2 aliphatic rings. The van der Waals surface area contributed by atoms with Gasteiger partial charge in [-0.25, -0.2) is 0 Å². The Kier molecular flexibility index (Phi) is 3.68. The van der Waals surface area contributed by atoms with E-state index in [4.69, 9.17) is 0 Å². The Hall–Kier alpha value is -1.88. The van der Waals surface area contributed by atoms with Crippen molar-refractivity contribution in [3.8, 4) is 0 Å². The number of ketones is 1. The number of carboxylic acid groups (broad SMARTS) is 1. The predicted molar refractivity (Wildman–Crippen MR) is 79.8 cm³/mol. The minimum Gasteiger partial charge on any atom is -0.480 e. The van der Waals surface area contributed by atoms with Crippen molar-refractivity contribution in [3.63, 3.8) is 0 Å². The quantitative estimate of drug-likeness (QED) is 0.826. The maximum absolute atomic E-state index is 12.6. The minimum atomic E-state index is -0.828. The highest BCUT2D eigenvalue weighted by Gasteiger charge is 2.36. The number of nitrogens with zero attached hydrogens (tertiary/aromatic N) is 1. The second-order valence-corrected chi connectivity index (χ2v) is 5.82. The van der Waals surface area contributed by atoms with E-state index in [1.54, 1.807) is 0 Å². The Morgan fingerprint density at radius 1 is 1.43 bits per heavy atom. The number of nitrogens with one attached hydrogen (secondary N) is 1. The number of Topliss-reactive ketones (excluding diaryl/α,β-unsaturated/α-hetero) is 1. The number of hydrogen-bond donors (Lipinski definition) is 2. The summed E-state index contributed by atoms with van der Waals surface area (Å²) in [4.78, 5) is 25.7. The lowest BCUT2D eigenvalue weighted by molar-refractivity contribution is -0.142. The number of anilines is 1. The first kappa shape index (κ1) is 14.1. The molecule has 2 atom stereocenters. The van der Waals surface area contributed by atoms with E-state index in [0.29, 0.717) is 18.5 Å². The van der Waals surface area contributed by atoms with Crippen molar-refractivity contribution >= 4 is 17.4 Å². The Balaban J connectivity index is 1.79. The summed E-state index contributed by atoms with van der Waals surface area (Å²) in [7, 11) is 0. The molecule has 5 nitrogen and oxygen atoms in total. The molecular weight excluding hydrogens is 268 g/mol. The summed E-state index contributed by atoms with van der Waals surface area (Å²) in [5, 5.41) is 12.5. The zero-order chi connectivity index (χ0) is 15.0. The topological polar surface area (TPSA) is 69.6 Å². The van der Waals surface area contributed by atoms with Gasteiger partial charge in [0.15, 0.2) is 5.78 Å². The second kappa shape index (κ2) is 5.48. The second-order valence-electron chi connectivity index (χ2n) is 5.82. The number of hydrogen-bond acceptors (Lipinski definition) is 4. The Bertz CT molecular complexity index is 585. The lowest BCUT2D eigenvalue weighted by atomic mass is 10.00. The van der Waals surface area contributed by atoms with Gasteiger partial charge in [-0.05, 0) is 56.5 Å². The van der Waals surface area contributed by atoms with E-state index >= 15 is 0 Å². The minimum absolute atomic E-state index is 0.0119. The van der Waals surface area contributed by atoms with Crippen molar-refractivity contribution in [1.82, 2.24) is 4.90 Å². The first-order valence-electron chi connectivity index (χ1n) is 7.47. The zero-order valence-corrected chi connectivity index (χ0v) is 12.1. The predicted octanol–water partition coefficient (Wildman–Crippen LogP) is 1.77. The van der Waals surface area contributed by atoms with Crippen LogP contribution >= 0.6 is 0 Å². The lowest BCUT2D eigenvalue weighted by Crippen LogP contribution is -2.45. The van der Waals surface area contributed by atoms with Crippen LogP contribution < -0.4 is 5.32 Å².